The fourth-order valence-corrected chi connectivity index (χ4v) is 3.02. The van der Waals surface area contributed by atoms with Crippen molar-refractivity contribution >= 4 is 29.3 Å². The van der Waals surface area contributed by atoms with Crippen molar-refractivity contribution in [1.29, 1.82) is 0 Å². The quantitative estimate of drug-likeness (QED) is 0.612. The third kappa shape index (κ3) is 4.55. The third-order valence-corrected chi connectivity index (χ3v) is 4.33. The predicted octanol–water partition coefficient (Wildman–Crippen LogP) is 3.09. The fourth-order valence-electron chi connectivity index (χ4n) is 3.02. The lowest BCUT2D eigenvalue weighted by Gasteiger charge is -2.36. The number of nitrogens with zero attached hydrogens (tertiary/aromatic N) is 2. The second-order valence-corrected chi connectivity index (χ2v) is 7.67. The molecule has 0 aliphatic carbocycles. The lowest BCUT2D eigenvalue weighted by molar-refractivity contribution is -0.117. The largest absolute Gasteiger partial charge is 0.443 e. The summed E-state index contributed by atoms with van der Waals surface area (Å²) in [5.41, 5.74) is 3.21. The minimum absolute atomic E-state index is 0.128. The van der Waals surface area contributed by atoms with Crippen LogP contribution in [0.25, 0.3) is 0 Å². The zero-order chi connectivity index (χ0) is 21.2. The van der Waals surface area contributed by atoms with Crippen molar-refractivity contribution in [2.75, 3.05) is 16.3 Å². The normalized spacial score (nSPS) is 13.7. The van der Waals surface area contributed by atoms with Gasteiger partial charge < -0.3 is 9.64 Å². The molecular formula is C21H23N3O5. The van der Waals surface area contributed by atoms with Gasteiger partial charge in [0, 0.05) is 5.56 Å². The van der Waals surface area contributed by atoms with Crippen LogP contribution in [0.1, 0.15) is 36.7 Å². The van der Waals surface area contributed by atoms with Crippen LogP contribution >= 0.6 is 0 Å². The number of carbonyl (C=O) groups is 3. The first-order valence-electron chi connectivity index (χ1n) is 9.13. The molecule has 2 N–H and O–H groups in total. The number of anilines is 2. The Kier molecular flexibility index (Phi) is 5.56. The van der Waals surface area contributed by atoms with E-state index < -0.39 is 17.6 Å². The molecule has 152 valence electrons. The van der Waals surface area contributed by atoms with Gasteiger partial charge in [0.2, 0.25) is 5.91 Å². The Morgan fingerprint density at radius 3 is 2.28 bits per heavy atom. The molecule has 1 aliphatic rings. The second kappa shape index (κ2) is 7.92. The molecule has 2 aromatic carbocycles. The van der Waals surface area contributed by atoms with Gasteiger partial charge in [-0.3, -0.25) is 19.7 Å². The van der Waals surface area contributed by atoms with Crippen LogP contribution in [0.2, 0.25) is 0 Å². The molecular weight excluding hydrogens is 374 g/mol. The van der Waals surface area contributed by atoms with E-state index in [2.05, 4.69) is 0 Å². The highest BCUT2D eigenvalue weighted by atomic mass is 16.6. The molecule has 29 heavy (non-hydrogen) atoms. The predicted molar refractivity (Wildman–Crippen MR) is 107 cm³/mol. The van der Waals surface area contributed by atoms with Crippen molar-refractivity contribution in [2.24, 2.45) is 0 Å². The van der Waals surface area contributed by atoms with Gasteiger partial charge in [0.1, 0.15) is 12.1 Å². The molecule has 2 aromatic rings. The molecule has 8 heteroatoms. The smallest absolute Gasteiger partial charge is 0.415 e. The summed E-state index contributed by atoms with van der Waals surface area (Å²) in [5, 5.41) is 8.71. The SMILES string of the molecule is CC(C)(C)OC(=O)N1CC(=O)N(Cc2ccc(C(=O)NO)cc2)c2ccccc21. The second-order valence-electron chi connectivity index (χ2n) is 7.67. The number of benzene rings is 2. The summed E-state index contributed by atoms with van der Waals surface area (Å²) in [4.78, 5) is 39.8. The maximum Gasteiger partial charge on any atom is 0.415 e. The zero-order valence-corrected chi connectivity index (χ0v) is 16.5. The summed E-state index contributed by atoms with van der Waals surface area (Å²) in [7, 11) is 0. The molecule has 0 atom stereocenters. The van der Waals surface area contributed by atoms with Crippen LogP contribution in [-0.2, 0) is 16.1 Å². The van der Waals surface area contributed by atoms with Gasteiger partial charge in [-0.05, 0) is 50.6 Å². The summed E-state index contributed by atoms with van der Waals surface area (Å²) in [6.45, 7) is 5.47. The Bertz CT molecular complexity index is 934. The van der Waals surface area contributed by atoms with E-state index in [9.17, 15) is 14.4 Å². The van der Waals surface area contributed by atoms with E-state index in [0.717, 1.165) is 5.56 Å². The Morgan fingerprint density at radius 1 is 1.07 bits per heavy atom. The molecule has 0 saturated carbocycles. The van der Waals surface area contributed by atoms with E-state index in [1.807, 2.05) is 0 Å². The van der Waals surface area contributed by atoms with Gasteiger partial charge in [-0.25, -0.2) is 10.3 Å². The highest BCUT2D eigenvalue weighted by Crippen LogP contribution is 2.35. The van der Waals surface area contributed by atoms with Crippen molar-refractivity contribution in [2.45, 2.75) is 32.9 Å². The van der Waals surface area contributed by atoms with Gasteiger partial charge in [0.05, 0.1) is 17.9 Å². The van der Waals surface area contributed by atoms with E-state index in [1.54, 1.807) is 79.7 Å². The fraction of sp³-hybridized carbons (Fsp3) is 0.286. The zero-order valence-electron chi connectivity index (χ0n) is 16.5. The number of fused-ring (bicyclic) bond motifs is 1. The number of hydrogen-bond donors (Lipinski definition) is 2. The van der Waals surface area contributed by atoms with Crippen molar-refractivity contribution in [1.82, 2.24) is 5.48 Å². The lowest BCUT2D eigenvalue weighted by atomic mass is 10.1. The molecule has 8 nitrogen and oxygen atoms in total. The first-order valence-corrected chi connectivity index (χ1v) is 9.13. The molecule has 0 unspecified atom stereocenters. The van der Waals surface area contributed by atoms with Gasteiger partial charge in [-0.1, -0.05) is 24.3 Å². The van der Waals surface area contributed by atoms with Crippen LogP contribution in [0.4, 0.5) is 16.2 Å². The highest BCUT2D eigenvalue weighted by Gasteiger charge is 2.34. The van der Waals surface area contributed by atoms with Crippen LogP contribution in [-0.4, -0.2) is 35.3 Å². The van der Waals surface area contributed by atoms with Gasteiger partial charge in [-0.2, -0.15) is 0 Å². The minimum atomic E-state index is -0.672. The number of hydroxylamine groups is 1. The highest BCUT2D eigenvalue weighted by molar-refractivity contribution is 6.09. The average Bonchev–Trinajstić information content (AvgIpc) is 2.68. The maximum absolute atomic E-state index is 12.8. The minimum Gasteiger partial charge on any atom is -0.443 e. The van der Waals surface area contributed by atoms with Crippen molar-refractivity contribution in [3.63, 3.8) is 0 Å². The summed E-state index contributed by atoms with van der Waals surface area (Å²) in [6.07, 6.45) is -0.572. The lowest BCUT2D eigenvalue weighted by Crippen LogP contribution is -2.49. The summed E-state index contributed by atoms with van der Waals surface area (Å²) in [5.74, 6) is -0.851. The Morgan fingerprint density at radius 2 is 1.69 bits per heavy atom. The van der Waals surface area contributed by atoms with Crippen LogP contribution < -0.4 is 15.3 Å². The van der Waals surface area contributed by atoms with Crippen LogP contribution in [0.5, 0.6) is 0 Å². The summed E-state index contributed by atoms with van der Waals surface area (Å²) < 4.78 is 5.44. The average molecular weight is 397 g/mol. The van der Waals surface area contributed by atoms with Gasteiger partial charge >= 0.3 is 6.09 Å². The topological polar surface area (TPSA) is 99.2 Å². The van der Waals surface area contributed by atoms with Crippen molar-refractivity contribution in [3.8, 4) is 0 Å². The number of ether oxygens (including phenoxy) is 1. The summed E-state index contributed by atoms with van der Waals surface area (Å²) >= 11 is 0. The van der Waals surface area contributed by atoms with Crippen molar-refractivity contribution in [3.05, 3.63) is 59.7 Å². The number of carbonyl (C=O) groups excluding carboxylic acids is 3. The molecule has 1 heterocycles. The van der Waals surface area contributed by atoms with Gasteiger partial charge in [-0.15, -0.1) is 0 Å². The number of nitrogens with one attached hydrogen (secondary N) is 1. The molecule has 0 aromatic heterocycles. The molecule has 1 aliphatic heterocycles. The van der Waals surface area contributed by atoms with Gasteiger partial charge in [0.15, 0.2) is 0 Å². The van der Waals surface area contributed by atoms with E-state index >= 15 is 0 Å². The molecule has 0 saturated heterocycles. The van der Waals surface area contributed by atoms with Gasteiger partial charge in [0.25, 0.3) is 5.91 Å². The Hall–Kier alpha value is -3.39. The van der Waals surface area contributed by atoms with Crippen LogP contribution in [0.15, 0.2) is 48.5 Å². The Balaban J connectivity index is 1.87. The van der Waals surface area contributed by atoms with E-state index in [4.69, 9.17) is 9.94 Å². The first kappa shape index (κ1) is 20.3. The monoisotopic (exact) mass is 397 g/mol. The van der Waals surface area contributed by atoms with Crippen LogP contribution in [0.3, 0.4) is 0 Å². The van der Waals surface area contributed by atoms with E-state index in [-0.39, 0.29) is 19.0 Å². The number of amides is 3. The number of rotatable bonds is 3. The van der Waals surface area contributed by atoms with Crippen molar-refractivity contribution < 1.29 is 24.3 Å². The molecule has 3 amide bonds. The third-order valence-electron chi connectivity index (χ3n) is 4.33. The molecule has 0 radical (unpaired) electrons. The van der Waals surface area contributed by atoms with Crippen LogP contribution in [0, 0.1) is 0 Å². The molecule has 0 spiro atoms. The van der Waals surface area contributed by atoms with E-state index in [0.29, 0.717) is 16.9 Å². The standard InChI is InChI=1S/C21H23N3O5/c1-21(2,3)29-20(27)24-13-18(25)23(16-6-4-5-7-17(16)24)12-14-8-10-15(11-9-14)19(26)22-28/h4-11,28H,12-13H2,1-3H3,(H,22,26). The van der Waals surface area contributed by atoms with E-state index in [1.165, 1.54) is 4.90 Å². The first-order chi connectivity index (χ1) is 13.7. The molecule has 0 bridgehead atoms. The number of hydrogen-bond acceptors (Lipinski definition) is 5. The molecule has 0 fully saturated rings. The summed E-state index contributed by atoms with van der Waals surface area (Å²) in [6, 6.07) is 13.7. The molecule has 3 rings (SSSR count). The Labute approximate surface area is 168 Å². The number of para-hydroxylation sites is 2. The maximum atomic E-state index is 12.8.